The Labute approximate surface area is 142 Å². The Morgan fingerprint density at radius 3 is 2.50 bits per heavy atom. The molecule has 6 nitrogen and oxygen atoms in total. The second-order valence-corrected chi connectivity index (χ2v) is 5.52. The predicted octanol–water partition coefficient (Wildman–Crippen LogP) is 1.67. The van der Waals surface area contributed by atoms with Crippen LogP contribution in [0.5, 0.6) is 11.5 Å². The molecule has 1 aromatic heterocycles. The number of hydrogen-bond acceptors (Lipinski definition) is 5. The predicted molar refractivity (Wildman–Crippen MR) is 93.9 cm³/mol. The molecule has 1 N–H and O–H groups in total. The molecule has 0 unspecified atom stereocenters. The van der Waals surface area contributed by atoms with Gasteiger partial charge in [-0.05, 0) is 18.2 Å². The fourth-order valence-corrected chi connectivity index (χ4v) is 2.79. The zero-order valence-corrected chi connectivity index (χ0v) is 14.1. The largest absolute Gasteiger partial charge is 0.493 e. The van der Waals surface area contributed by atoms with Crippen LogP contribution in [0.2, 0.25) is 0 Å². The van der Waals surface area contributed by atoms with Crippen molar-refractivity contribution >= 4 is 12.0 Å². The van der Waals surface area contributed by atoms with Crippen molar-refractivity contribution in [3.8, 4) is 11.5 Å². The molecule has 3 rings (SSSR count). The van der Waals surface area contributed by atoms with E-state index in [4.69, 9.17) is 9.47 Å². The minimum absolute atomic E-state index is 0.710. The zero-order chi connectivity index (χ0) is 16.8. The van der Waals surface area contributed by atoms with E-state index < -0.39 is 0 Å². The summed E-state index contributed by atoms with van der Waals surface area (Å²) >= 11 is 0. The van der Waals surface area contributed by atoms with E-state index in [0.717, 1.165) is 37.6 Å². The number of methoxy groups -OCH3 is 2. The van der Waals surface area contributed by atoms with E-state index in [-0.39, 0.29) is 0 Å². The topological polar surface area (TPSA) is 51.4 Å². The minimum atomic E-state index is 0.710. The lowest BCUT2D eigenvalue weighted by molar-refractivity contribution is -0.364. The second-order valence-electron chi connectivity index (χ2n) is 5.52. The van der Waals surface area contributed by atoms with Gasteiger partial charge in [-0.3, -0.25) is 9.91 Å². The van der Waals surface area contributed by atoms with Gasteiger partial charge in [-0.25, -0.2) is 4.98 Å². The van der Waals surface area contributed by atoms with Gasteiger partial charge in [0.1, 0.15) is 13.1 Å². The van der Waals surface area contributed by atoms with Gasteiger partial charge in [0.15, 0.2) is 11.5 Å². The first-order valence-corrected chi connectivity index (χ1v) is 8.03. The van der Waals surface area contributed by atoms with E-state index in [0.29, 0.717) is 11.5 Å². The Morgan fingerprint density at radius 2 is 1.83 bits per heavy atom. The molecule has 0 spiro atoms. The highest BCUT2D eigenvalue weighted by Crippen LogP contribution is 2.29. The first-order chi connectivity index (χ1) is 11.8. The molecule has 1 fully saturated rings. The number of ether oxygens (including phenoxy) is 2. The van der Waals surface area contributed by atoms with Gasteiger partial charge in [-0.2, -0.15) is 5.10 Å². The number of aromatic amines is 1. The lowest BCUT2D eigenvalue weighted by atomic mass is 10.2. The number of nitrogens with one attached hydrogen (secondary N) is 1. The lowest BCUT2D eigenvalue weighted by Gasteiger charge is -2.28. The molecule has 0 bridgehead atoms. The van der Waals surface area contributed by atoms with Gasteiger partial charge in [-0.1, -0.05) is 12.1 Å². The standard InChI is InChI=1S/C18H22N4O2/c1-23-16-7-5-6-15(18(16)24-2)14-20-22-12-10-21(11-13-22)17-8-3-4-9-19-17/h3-9,14H,10-13H2,1-2H3/p+1/b20-14+. The quantitative estimate of drug-likeness (QED) is 0.784. The third-order valence-corrected chi connectivity index (χ3v) is 4.08. The molecule has 126 valence electrons. The van der Waals surface area contributed by atoms with Gasteiger partial charge >= 0.3 is 0 Å². The molecule has 6 heteroatoms. The maximum atomic E-state index is 5.44. The molecule has 0 amide bonds. The van der Waals surface area contributed by atoms with Crippen LogP contribution in [-0.2, 0) is 0 Å². The third kappa shape index (κ3) is 3.59. The first kappa shape index (κ1) is 16.1. The first-order valence-electron chi connectivity index (χ1n) is 8.03. The van der Waals surface area contributed by atoms with Crippen LogP contribution in [0.25, 0.3) is 0 Å². The number of nitrogens with zero attached hydrogens (tertiary/aromatic N) is 3. The summed E-state index contributed by atoms with van der Waals surface area (Å²) in [6.45, 7) is 3.64. The number of aromatic nitrogens is 1. The SMILES string of the molecule is COc1cccc(/C=N/N2CCN(c3cccc[nH+]3)CC2)c1OC. The molecule has 0 saturated carbocycles. The molecule has 1 aromatic carbocycles. The molecule has 1 saturated heterocycles. The number of hydrazone groups is 1. The Kier molecular flexibility index (Phi) is 5.15. The number of pyridine rings is 1. The summed E-state index contributed by atoms with van der Waals surface area (Å²) in [5, 5.41) is 6.68. The van der Waals surface area contributed by atoms with Crippen LogP contribution in [-0.4, -0.2) is 51.6 Å². The highest BCUT2D eigenvalue weighted by molar-refractivity contribution is 5.84. The molecule has 2 aromatic rings. The molecule has 24 heavy (non-hydrogen) atoms. The summed E-state index contributed by atoms with van der Waals surface area (Å²) in [6, 6.07) is 11.9. The summed E-state index contributed by atoms with van der Waals surface area (Å²) in [6.07, 6.45) is 3.79. The molecule has 0 aliphatic carbocycles. The third-order valence-electron chi connectivity index (χ3n) is 4.08. The average molecular weight is 327 g/mol. The summed E-state index contributed by atoms with van der Waals surface area (Å²) in [4.78, 5) is 5.61. The fraction of sp³-hybridized carbons (Fsp3) is 0.333. The summed E-state index contributed by atoms with van der Waals surface area (Å²) in [5.41, 5.74) is 0.913. The van der Waals surface area contributed by atoms with Crippen molar-refractivity contribution in [3.05, 3.63) is 48.2 Å². The van der Waals surface area contributed by atoms with Crippen LogP contribution >= 0.6 is 0 Å². The number of anilines is 1. The average Bonchev–Trinajstić information content (AvgIpc) is 2.67. The maximum Gasteiger partial charge on any atom is 0.274 e. The monoisotopic (exact) mass is 327 g/mol. The molecule has 0 radical (unpaired) electrons. The molecular formula is C18H23N4O2+. The van der Waals surface area contributed by atoms with Gasteiger partial charge in [-0.15, -0.1) is 0 Å². The Hall–Kier alpha value is -2.76. The maximum absolute atomic E-state index is 5.44. The van der Waals surface area contributed by atoms with Crippen molar-refractivity contribution in [2.45, 2.75) is 0 Å². The van der Waals surface area contributed by atoms with Gasteiger partial charge in [0.2, 0.25) is 0 Å². The van der Waals surface area contributed by atoms with E-state index in [2.05, 4.69) is 26.1 Å². The minimum Gasteiger partial charge on any atom is -0.493 e. The van der Waals surface area contributed by atoms with E-state index in [1.165, 1.54) is 0 Å². The Bertz CT molecular complexity index is 683. The fourth-order valence-electron chi connectivity index (χ4n) is 2.79. The van der Waals surface area contributed by atoms with Crippen molar-refractivity contribution < 1.29 is 14.5 Å². The summed E-state index contributed by atoms with van der Waals surface area (Å²) < 4.78 is 10.8. The van der Waals surface area contributed by atoms with Crippen molar-refractivity contribution in [2.75, 3.05) is 45.3 Å². The molecule has 1 aliphatic rings. The van der Waals surface area contributed by atoms with Crippen LogP contribution in [0.1, 0.15) is 5.56 Å². The number of piperazine rings is 1. The van der Waals surface area contributed by atoms with E-state index in [1.807, 2.05) is 42.7 Å². The van der Waals surface area contributed by atoms with Crippen LogP contribution in [0.3, 0.4) is 0 Å². The van der Waals surface area contributed by atoms with Crippen molar-refractivity contribution in [3.63, 3.8) is 0 Å². The van der Waals surface area contributed by atoms with Crippen LogP contribution < -0.4 is 19.4 Å². The van der Waals surface area contributed by atoms with E-state index in [1.54, 1.807) is 14.2 Å². The van der Waals surface area contributed by atoms with Crippen LogP contribution in [0.4, 0.5) is 5.82 Å². The summed E-state index contributed by atoms with van der Waals surface area (Å²) in [5.74, 6) is 2.57. The highest BCUT2D eigenvalue weighted by Gasteiger charge is 2.22. The Morgan fingerprint density at radius 1 is 1.00 bits per heavy atom. The van der Waals surface area contributed by atoms with Gasteiger partial charge in [0.05, 0.1) is 39.7 Å². The summed E-state index contributed by atoms with van der Waals surface area (Å²) in [7, 11) is 3.28. The number of hydrogen-bond donors (Lipinski definition) is 0. The van der Waals surface area contributed by atoms with E-state index in [9.17, 15) is 0 Å². The van der Waals surface area contributed by atoms with Crippen LogP contribution in [0.15, 0.2) is 47.7 Å². The van der Waals surface area contributed by atoms with E-state index >= 15 is 0 Å². The van der Waals surface area contributed by atoms with Crippen molar-refractivity contribution in [1.29, 1.82) is 0 Å². The number of H-pyrrole nitrogens is 1. The lowest BCUT2D eigenvalue weighted by Crippen LogP contribution is -2.45. The van der Waals surface area contributed by atoms with Gasteiger partial charge in [0.25, 0.3) is 5.82 Å². The molecule has 1 aliphatic heterocycles. The van der Waals surface area contributed by atoms with Crippen molar-refractivity contribution in [1.82, 2.24) is 5.01 Å². The smallest absolute Gasteiger partial charge is 0.274 e. The van der Waals surface area contributed by atoms with Crippen LogP contribution in [0, 0.1) is 0 Å². The number of rotatable bonds is 5. The Balaban J connectivity index is 1.63. The van der Waals surface area contributed by atoms with Crippen molar-refractivity contribution in [2.24, 2.45) is 5.10 Å². The number of para-hydroxylation sites is 1. The van der Waals surface area contributed by atoms with Gasteiger partial charge < -0.3 is 9.47 Å². The number of benzene rings is 1. The van der Waals surface area contributed by atoms with Gasteiger partial charge in [0, 0.05) is 11.6 Å². The molecule has 0 atom stereocenters. The molecular weight excluding hydrogens is 304 g/mol. The zero-order valence-electron chi connectivity index (χ0n) is 14.1. The second kappa shape index (κ2) is 7.68. The highest BCUT2D eigenvalue weighted by atomic mass is 16.5. The molecule has 2 heterocycles. The normalized spacial score (nSPS) is 14.9.